The predicted octanol–water partition coefficient (Wildman–Crippen LogP) is 1.37. The number of amides is 1. The third-order valence-electron chi connectivity index (χ3n) is 3.17. The second-order valence-corrected chi connectivity index (χ2v) is 6.61. The van der Waals surface area contributed by atoms with Crippen molar-refractivity contribution in [3.05, 3.63) is 52.9 Å². The Morgan fingerprint density at radius 1 is 1.12 bits per heavy atom. The lowest BCUT2D eigenvalue weighted by Gasteiger charge is -2.10. The molecule has 0 saturated carbocycles. The van der Waals surface area contributed by atoms with Gasteiger partial charge in [-0.15, -0.1) is 0 Å². The topological polar surface area (TPSA) is 139 Å². The van der Waals surface area contributed by atoms with Crippen LogP contribution in [0, 0.1) is 0 Å². The van der Waals surface area contributed by atoms with E-state index in [-0.39, 0.29) is 17.0 Å². The Kier molecular flexibility index (Phi) is 5.18. The number of rotatable bonds is 6. The lowest BCUT2D eigenvalue weighted by atomic mass is 10.2. The molecule has 0 fully saturated rings. The van der Waals surface area contributed by atoms with Gasteiger partial charge >= 0.3 is 0 Å². The Bertz CT molecular complexity index is 920. The zero-order chi connectivity index (χ0) is 18.6. The number of primary amides is 1. The van der Waals surface area contributed by atoms with Crippen LogP contribution in [0.5, 0.6) is 17.2 Å². The monoisotopic (exact) mass is 364 g/mol. The van der Waals surface area contributed by atoms with E-state index in [0.29, 0.717) is 5.75 Å². The van der Waals surface area contributed by atoms with Crippen molar-refractivity contribution in [2.75, 3.05) is 11.8 Å². The van der Waals surface area contributed by atoms with Crippen LogP contribution < -0.4 is 15.2 Å². The summed E-state index contributed by atoms with van der Waals surface area (Å²) in [6, 6.07) is 9.58. The summed E-state index contributed by atoms with van der Waals surface area (Å²) in [5, 5.41) is 18.7. The Balaban J connectivity index is 2.38. The molecule has 5 N–H and O–H groups in total. The Labute approximate surface area is 144 Å². The van der Waals surface area contributed by atoms with Crippen molar-refractivity contribution < 1.29 is 28.2 Å². The molecular weight excluding hydrogens is 348 g/mol. The largest absolute Gasteiger partial charge is 0.504 e. The highest BCUT2D eigenvalue weighted by molar-refractivity contribution is 7.97. The highest BCUT2D eigenvalue weighted by Crippen LogP contribution is 2.27. The van der Waals surface area contributed by atoms with Crippen LogP contribution in [0.15, 0.2) is 47.4 Å². The highest BCUT2D eigenvalue weighted by Gasteiger charge is 2.23. The summed E-state index contributed by atoms with van der Waals surface area (Å²) in [5.41, 5.74) is 5.56. The van der Waals surface area contributed by atoms with E-state index in [9.17, 15) is 23.4 Å². The molecule has 0 atom stereocenters. The first-order chi connectivity index (χ1) is 11.7. The maximum absolute atomic E-state index is 12.4. The molecule has 1 amide bonds. The summed E-state index contributed by atoms with van der Waals surface area (Å²) >= 11 is 0. The van der Waals surface area contributed by atoms with Crippen molar-refractivity contribution in [3.8, 4) is 17.2 Å². The maximum atomic E-state index is 12.4. The number of ether oxygens (including phenoxy) is 1. The first kappa shape index (κ1) is 18.1. The molecule has 0 aliphatic rings. The van der Waals surface area contributed by atoms with Crippen LogP contribution in [0.25, 0.3) is 6.08 Å². The van der Waals surface area contributed by atoms with Gasteiger partial charge in [-0.3, -0.25) is 9.52 Å². The average molecular weight is 364 g/mol. The Hall–Kier alpha value is -3.20. The van der Waals surface area contributed by atoms with Crippen molar-refractivity contribution in [2.45, 2.75) is 0 Å². The van der Waals surface area contributed by atoms with E-state index in [2.05, 4.69) is 4.72 Å². The molecule has 9 heteroatoms. The second-order valence-electron chi connectivity index (χ2n) is 4.95. The van der Waals surface area contributed by atoms with Crippen molar-refractivity contribution in [1.82, 2.24) is 0 Å². The molecule has 0 bridgehead atoms. The molecule has 0 unspecified atom stereocenters. The molecule has 0 heterocycles. The number of nitrogens with two attached hydrogens (primary N) is 1. The van der Waals surface area contributed by atoms with Crippen molar-refractivity contribution >= 4 is 27.7 Å². The SMILES string of the molecule is COc1ccc(NS(=O)(=O)/C(=C/c2ccc(O)c(O)c2)C(N)=O)cc1. The summed E-state index contributed by atoms with van der Waals surface area (Å²) in [4.78, 5) is 10.9. The van der Waals surface area contributed by atoms with E-state index in [0.717, 1.165) is 18.2 Å². The van der Waals surface area contributed by atoms with Crippen LogP contribution in [-0.4, -0.2) is 31.6 Å². The standard InChI is InChI=1S/C16H16N2O6S/c1-24-12-5-3-11(4-6-12)18-25(22,23)15(16(17)21)9-10-2-7-13(19)14(20)8-10/h2-9,18-20H,1H3,(H2,17,21)/b15-9+. The molecule has 2 rings (SSSR count). The van der Waals surface area contributed by atoms with Crippen LogP contribution in [-0.2, 0) is 14.8 Å². The van der Waals surface area contributed by atoms with E-state index < -0.39 is 26.6 Å². The summed E-state index contributed by atoms with van der Waals surface area (Å²) in [6.45, 7) is 0. The van der Waals surface area contributed by atoms with Gasteiger partial charge in [0, 0.05) is 5.69 Å². The van der Waals surface area contributed by atoms with Gasteiger partial charge in [0.25, 0.3) is 15.9 Å². The van der Waals surface area contributed by atoms with Crippen LogP contribution in [0.2, 0.25) is 0 Å². The van der Waals surface area contributed by atoms with Gasteiger partial charge in [0.15, 0.2) is 16.4 Å². The van der Waals surface area contributed by atoms with Crippen molar-refractivity contribution in [2.24, 2.45) is 5.73 Å². The minimum Gasteiger partial charge on any atom is -0.504 e. The number of aromatic hydroxyl groups is 2. The molecule has 0 aliphatic carbocycles. The van der Waals surface area contributed by atoms with Crippen molar-refractivity contribution in [3.63, 3.8) is 0 Å². The van der Waals surface area contributed by atoms with Crippen LogP contribution in [0.1, 0.15) is 5.56 Å². The molecule has 0 spiro atoms. The first-order valence-corrected chi connectivity index (χ1v) is 8.41. The Morgan fingerprint density at radius 3 is 2.28 bits per heavy atom. The smallest absolute Gasteiger partial charge is 0.267 e. The molecule has 25 heavy (non-hydrogen) atoms. The second kappa shape index (κ2) is 7.14. The number of nitrogens with one attached hydrogen (secondary N) is 1. The quantitative estimate of drug-likeness (QED) is 0.451. The minimum atomic E-state index is -4.26. The fourth-order valence-corrected chi connectivity index (χ4v) is 3.04. The number of benzene rings is 2. The zero-order valence-corrected chi connectivity index (χ0v) is 13.9. The number of carbonyl (C=O) groups is 1. The molecule has 0 saturated heterocycles. The fourth-order valence-electron chi connectivity index (χ4n) is 1.93. The van der Waals surface area contributed by atoms with Gasteiger partial charge < -0.3 is 20.7 Å². The molecule has 8 nitrogen and oxygen atoms in total. The molecule has 2 aromatic carbocycles. The molecule has 0 aliphatic heterocycles. The average Bonchev–Trinajstić information content (AvgIpc) is 2.55. The molecule has 132 valence electrons. The summed E-state index contributed by atoms with van der Waals surface area (Å²) < 4.78 is 32.1. The van der Waals surface area contributed by atoms with Gasteiger partial charge in [-0.05, 0) is 48.0 Å². The summed E-state index contributed by atoms with van der Waals surface area (Å²) in [6.07, 6.45) is 0.993. The van der Waals surface area contributed by atoms with Crippen molar-refractivity contribution in [1.29, 1.82) is 0 Å². The fraction of sp³-hybridized carbons (Fsp3) is 0.0625. The van der Waals surface area contributed by atoms with E-state index in [1.165, 1.54) is 25.3 Å². The summed E-state index contributed by atoms with van der Waals surface area (Å²) in [5.74, 6) is -1.48. The van der Waals surface area contributed by atoms with E-state index in [1.54, 1.807) is 12.1 Å². The number of anilines is 1. The van der Waals surface area contributed by atoms with Gasteiger partial charge in [0.1, 0.15) is 5.75 Å². The van der Waals surface area contributed by atoms with E-state index in [4.69, 9.17) is 10.5 Å². The lowest BCUT2D eigenvalue weighted by Crippen LogP contribution is -2.25. The van der Waals surface area contributed by atoms with E-state index in [1.807, 2.05) is 0 Å². The number of carbonyl (C=O) groups excluding carboxylic acids is 1. The summed E-state index contributed by atoms with van der Waals surface area (Å²) in [7, 11) is -2.79. The normalized spacial score (nSPS) is 11.8. The predicted molar refractivity (Wildman–Crippen MR) is 92.5 cm³/mol. The number of phenolic OH excluding ortho intramolecular Hbond substituents is 2. The van der Waals surface area contributed by atoms with Gasteiger partial charge in [-0.1, -0.05) is 6.07 Å². The van der Waals surface area contributed by atoms with Gasteiger partial charge in [-0.2, -0.15) is 0 Å². The van der Waals surface area contributed by atoms with Crippen LogP contribution in [0.4, 0.5) is 5.69 Å². The number of hydrogen-bond donors (Lipinski definition) is 4. The number of phenols is 2. The maximum Gasteiger partial charge on any atom is 0.267 e. The first-order valence-electron chi connectivity index (χ1n) is 6.93. The third kappa shape index (κ3) is 4.42. The minimum absolute atomic E-state index is 0.171. The molecule has 0 radical (unpaired) electrons. The number of methoxy groups -OCH3 is 1. The van der Waals surface area contributed by atoms with Crippen LogP contribution >= 0.6 is 0 Å². The zero-order valence-electron chi connectivity index (χ0n) is 13.1. The lowest BCUT2D eigenvalue weighted by molar-refractivity contribution is -0.113. The third-order valence-corrected chi connectivity index (χ3v) is 4.57. The van der Waals surface area contributed by atoms with Gasteiger partial charge in [0.2, 0.25) is 0 Å². The molecule has 2 aromatic rings. The van der Waals surface area contributed by atoms with Gasteiger partial charge in [0.05, 0.1) is 7.11 Å². The number of sulfonamides is 1. The van der Waals surface area contributed by atoms with E-state index >= 15 is 0 Å². The number of hydrogen-bond acceptors (Lipinski definition) is 6. The van der Waals surface area contributed by atoms with Gasteiger partial charge in [-0.25, -0.2) is 8.42 Å². The Morgan fingerprint density at radius 2 is 1.76 bits per heavy atom. The molecular formula is C16H16N2O6S. The van der Waals surface area contributed by atoms with Crippen LogP contribution in [0.3, 0.4) is 0 Å². The highest BCUT2D eigenvalue weighted by atomic mass is 32.2. The molecule has 0 aromatic heterocycles.